The molecule has 0 heterocycles. The van der Waals surface area contributed by atoms with Crippen molar-refractivity contribution in [1.29, 1.82) is 0 Å². The van der Waals surface area contributed by atoms with Gasteiger partial charge in [0.1, 0.15) is 6.04 Å². The Labute approximate surface area is 148 Å². The molecule has 0 bridgehead atoms. The van der Waals surface area contributed by atoms with Gasteiger partial charge in [0.05, 0.1) is 21.0 Å². The number of esters is 1. The summed E-state index contributed by atoms with van der Waals surface area (Å²) >= 11 is 11.5. The molecule has 0 aromatic heterocycles. The molecule has 0 fully saturated rings. The predicted octanol–water partition coefficient (Wildman–Crippen LogP) is 0.438. The number of primary amides is 1. The zero-order valence-corrected chi connectivity index (χ0v) is 15.0. The molecule has 0 unspecified atom stereocenters. The Hall–Kier alpha value is -1.39. The summed E-state index contributed by atoms with van der Waals surface area (Å²) in [6.07, 6.45) is -2.72. The molecule has 0 aliphatic carbocycles. The van der Waals surface area contributed by atoms with Gasteiger partial charge in [-0.1, -0.05) is 23.2 Å². The molecule has 3 atom stereocenters. The summed E-state index contributed by atoms with van der Waals surface area (Å²) in [7, 11) is -4.21. The van der Waals surface area contributed by atoms with Crippen LogP contribution in [0.4, 0.5) is 0 Å². The van der Waals surface area contributed by atoms with E-state index in [9.17, 15) is 23.1 Å². The maximum atomic E-state index is 12.3. The van der Waals surface area contributed by atoms with E-state index in [0.29, 0.717) is 0 Å². The number of sulfonamides is 1. The Morgan fingerprint density at radius 2 is 1.83 bits per heavy atom. The summed E-state index contributed by atoms with van der Waals surface area (Å²) in [5.74, 6) is -2.07. The predicted molar refractivity (Wildman–Crippen MR) is 87.0 cm³/mol. The van der Waals surface area contributed by atoms with Crippen LogP contribution in [0.15, 0.2) is 23.1 Å². The van der Waals surface area contributed by atoms with Crippen molar-refractivity contribution in [1.82, 2.24) is 4.72 Å². The number of carbonyl (C=O) groups excluding carboxylic acids is 2. The van der Waals surface area contributed by atoms with E-state index in [1.165, 1.54) is 26.0 Å². The molecule has 134 valence electrons. The quantitative estimate of drug-likeness (QED) is 0.570. The SMILES string of the molecule is C[C@H](OC(=O)[C@H](NS(=O)(=O)c1ccc(Cl)c(Cl)c1)[C@@H](C)O)C(N)=O. The van der Waals surface area contributed by atoms with Crippen molar-refractivity contribution in [2.45, 2.75) is 37.0 Å². The minimum Gasteiger partial charge on any atom is -0.451 e. The summed E-state index contributed by atoms with van der Waals surface area (Å²) in [6.45, 7) is 2.39. The lowest BCUT2D eigenvalue weighted by Gasteiger charge is -2.21. The Morgan fingerprint density at radius 1 is 1.25 bits per heavy atom. The first-order chi connectivity index (χ1) is 11.0. The van der Waals surface area contributed by atoms with Crippen LogP contribution in [0.3, 0.4) is 0 Å². The van der Waals surface area contributed by atoms with Crippen LogP contribution >= 0.6 is 23.2 Å². The first-order valence-corrected chi connectivity index (χ1v) is 8.85. The lowest BCUT2D eigenvalue weighted by Crippen LogP contribution is -2.49. The normalized spacial score (nSPS) is 15.4. The summed E-state index contributed by atoms with van der Waals surface area (Å²) < 4.78 is 31.3. The number of hydrogen-bond donors (Lipinski definition) is 3. The number of carbonyl (C=O) groups is 2. The molecule has 24 heavy (non-hydrogen) atoms. The van der Waals surface area contributed by atoms with Crippen LogP contribution in [0.2, 0.25) is 10.0 Å². The summed E-state index contributed by atoms with van der Waals surface area (Å²) in [6, 6.07) is 1.88. The van der Waals surface area contributed by atoms with Crippen molar-refractivity contribution in [2.75, 3.05) is 0 Å². The highest BCUT2D eigenvalue weighted by Gasteiger charge is 2.32. The van der Waals surface area contributed by atoms with E-state index < -0.39 is 40.1 Å². The molecule has 0 spiro atoms. The monoisotopic (exact) mass is 398 g/mol. The zero-order valence-electron chi connectivity index (χ0n) is 12.7. The number of halogens is 2. The van der Waals surface area contributed by atoms with Gasteiger partial charge in [0.2, 0.25) is 10.0 Å². The lowest BCUT2D eigenvalue weighted by atomic mass is 10.2. The maximum Gasteiger partial charge on any atom is 0.327 e. The molecular weight excluding hydrogens is 383 g/mol. The highest BCUT2D eigenvalue weighted by atomic mass is 35.5. The summed E-state index contributed by atoms with van der Waals surface area (Å²) in [5, 5.41) is 9.80. The molecule has 0 saturated carbocycles. The van der Waals surface area contributed by atoms with Crippen LogP contribution < -0.4 is 10.5 Å². The van der Waals surface area contributed by atoms with Gasteiger partial charge in [0.25, 0.3) is 5.91 Å². The fourth-order valence-corrected chi connectivity index (χ4v) is 3.17. The van der Waals surface area contributed by atoms with Crippen LogP contribution in [0.1, 0.15) is 13.8 Å². The number of nitrogens with one attached hydrogen (secondary N) is 1. The highest BCUT2D eigenvalue weighted by Crippen LogP contribution is 2.25. The first-order valence-electron chi connectivity index (χ1n) is 6.61. The lowest BCUT2D eigenvalue weighted by molar-refractivity contribution is -0.157. The second kappa shape index (κ2) is 8.13. The number of aliphatic hydroxyl groups is 1. The van der Waals surface area contributed by atoms with Gasteiger partial charge in [0, 0.05) is 0 Å². The molecule has 1 aromatic rings. The second-order valence-corrected chi connectivity index (χ2v) is 7.43. The van der Waals surface area contributed by atoms with Crippen molar-refractivity contribution in [2.24, 2.45) is 5.73 Å². The number of rotatable bonds is 7. The molecule has 11 heteroatoms. The smallest absolute Gasteiger partial charge is 0.327 e. The summed E-state index contributed by atoms with van der Waals surface area (Å²) in [4.78, 5) is 22.6. The Kier molecular flexibility index (Phi) is 6.99. The zero-order chi connectivity index (χ0) is 18.7. The Bertz CT molecular complexity index is 738. The van der Waals surface area contributed by atoms with E-state index in [0.717, 1.165) is 6.07 Å². The molecular formula is C13H16Cl2N2O6S. The maximum absolute atomic E-state index is 12.3. The van der Waals surface area contributed by atoms with E-state index >= 15 is 0 Å². The second-order valence-electron chi connectivity index (χ2n) is 4.90. The minimum absolute atomic E-state index is 0.00179. The first kappa shape index (κ1) is 20.7. The van der Waals surface area contributed by atoms with E-state index in [4.69, 9.17) is 33.7 Å². The highest BCUT2D eigenvalue weighted by molar-refractivity contribution is 7.89. The molecule has 1 rings (SSSR count). The van der Waals surface area contributed by atoms with E-state index in [2.05, 4.69) is 0 Å². The van der Waals surface area contributed by atoms with Gasteiger partial charge in [-0.2, -0.15) is 4.72 Å². The van der Waals surface area contributed by atoms with Crippen molar-refractivity contribution >= 4 is 45.1 Å². The number of nitrogens with two attached hydrogens (primary N) is 1. The third-order valence-electron chi connectivity index (χ3n) is 2.91. The fraction of sp³-hybridized carbons (Fsp3) is 0.385. The van der Waals surface area contributed by atoms with Gasteiger partial charge in [-0.3, -0.25) is 9.59 Å². The van der Waals surface area contributed by atoms with Gasteiger partial charge in [-0.05, 0) is 32.0 Å². The average Bonchev–Trinajstić information content (AvgIpc) is 2.46. The number of amides is 1. The largest absolute Gasteiger partial charge is 0.451 e. The van der Waals surface area contributed by atoms with Gasteiger partial charge >= 0.3 is 5.97 Å². The van der Waals surface area contributed by atoms with Crippen LogP contribution in [0, 0.1) is 0 Å². The minimum atomic E-state index is -4.21. The molecule has 1 amide bonds. The van der Waals surface area contributed by atoms with Crippen LogP contribution in [0.25, 0.3) is 0 Å². The molecule has 1 aromatic carbocycles. The number of benzene rings is 1. The van der Waals surface area contributed by atoms with Crippen LogP contribution in [0.5, 0.6) is 0 Å². The van der Waals surface area contributed by atoms with Crippen molar-refractivity contribution < 1.29 is 27.9 Å². The van der Waals surface area contributed by atoms with Crippen molar-refractivity contribution in [3.8, 4) is 0 Å². The van der Waals surface area contributed by atoms with Gasteiger partial charge in [-0.25, -0.2) is 8.42 Å². The Morgan fingerprint density at radius 3 is 2.29 bits per heavy atom. The fourth-order valence-electron chi connectivity index (χ4n) is 1.53. The van der Waals surface area contributed by atoms with Gasteiger partial charge < -0.3 is 15.6 Å². The number of aliphatic hydroxyl groups excluding tert-OH is 1. The number of ether oxygens (including phenoxy) is 1. The van der Waals surface area contributed by atoms with E-state index in [1.54, 1.807) is 0 Å². The third kappa shape index (κ3) is 5.32. The van der Waals surface area contributed by atoms with E-state index in [1.807, 2.05) is 4.72 Å². The molecule has 0 aliphatic rings. The van der Waals surface area contributed by atoms with E-state index in [-0.39, 0.29) is 14.9 Å². The van der Waals surface area contributed by atoms with Gasteiger partial charge in [0.15, 0.2) is 6.10 Å². The molecule has 0 aliphatic heterocycles. The summed E-state index contributed by atoms with van der Waals surface area (Å²) in [5.41, 5.74) is 4.97. The van der Waals surface area contributed by atoms with Crippen LogP contribution in [-0.4, -0.2) is 43.7 Å². The molecule has 0 radical (unpaired) electrons. The molecule has 8 nitrogen and oxygen atoms in total. The van der Waals surface area contributed by atoms with Crippen molar-refractivity contribution in [3.63, 3.8) is 0 Å². The van der Waals surface area contributed by atoms with Crippen molar-refractivity contribution in [3.05, 3.63) is 28.2 Å². The third-order valence-corrected chi connectivity index (χ3v) is 5.09. The van der Waals surface area contributed by atoms with Gasteiger partial charge in [-0.15, -0.1) is 0 Å². The molecule has 4 N–H and O–H groups in total. The number of hydrogen-bond acceptors (Lipinski definition) is 6. The Balaban J connectivity index is 3.04. The standard InChI is InChI=1S/C13H16Cl2N2O6S/c1-6(18)11(13(20)23-7(2)12(16)19)17-24(21,22)8-3-4-9(14)10(15)5-8/h3-7,11,17-18H,1-2H3,(H2,16,19)/t6-,7+,11-/m1/s1. The average molecular weight is 399 g/mol. The van der Waals surface area contributed by atoms with Crippen LogP contribution in [-0.2, 0) is 24.3 Å². The topological polar surface area (TPSA) is 136 Å². The molecule has 0 saturated heterocycles.